The summed E-state index contributed by atoms with van der Waals surface area (Å²) in [6.07, 6.45) is 2.55. The summed E-state index contributed by atoms with van der Waals surface area (Å²) in [5.41, 5.74) is 1.55. The fourth-order valence-corrected chi connectivity index (χ4v) is 5.18. The van der Waals surface area contributed by atoms with Gasteiger partial charge in [0.25, 0.3) is 5.91 Å². The second-order valence-corrected chi connectivity index (χ2v) is 10.0. The Kier molecular flexibility index (Phi) is 7.44. The van der Waals surface area contributed by atoms with Crippen LogP contribution in [0.2, 0.25) is 0 Å². The van der Waals surface area contributed by atoms with Crippen molar-refractivity contribution < 1.29 is 14.3 Å². The van der Waals surface area contributed by atoms with Crippen molar-refractivity contribution in [1.82, 2.24) is 9.80 Å². The molecule has 1 amide bonds. The number of piperidine rings is 1. The third-order valence-corrected chi connectivity index (χ3v) is 6.95. The van der Waals surface area contributed by atoms with Crippen molar-refractivity contribution in [2.24, 2.45) is 5.92 Å². The van der Waals surface area contributed by atoms with Crippen LogP contribution in [0.15, 0.2) is 53.0 Å². The molecule has 2 saturated heterocycles. The van der Waals surface area contributed by atoms with Crippen molar-refractivity contribution >= 4 is 27.6 Å². The maximum absolute atomic E-state index is 13.3. The van der Waals surface area contributed by atoms with Gasteiger partial charge in [0.15, 0.2) is 5.78 Å². The summed E-state index contributed by atoms with van der Waals surface area (Å²) in [4.78, 5) is 30.8. The maximum atomic E-state index is 13.3. The summed E-state index contributed by atoms with van der Waals surface area (Å²) in [7, 11) is 0. The lowest BCUT2D eigenvalue weighted by molar-refractivity contribution is -0.0728. The first-order chi connectivity index (χ1) is 15.4. The second kappa shape index (κ2) is 10.3. The molecule has 2 fully saturated rings. The molecule has 0 aromatic heterocycles. The number of nitrogens with zero attached hydrogens (tertiary/aromatic N) is 2. The number of likely N-dealkylation sites (tertiary alicyclic amines) is 1. The molecule has 0 radical (unpaired) electrons. The van der Waals surface area contributed by atoms with Crippen molar-refractivity contribution in [2.75, 3.05) is 32.7 Å². The summed E-state index contributed by atoms with van der Waals surface area (Å²) >= 11 is 3.40. The van der Waals surface area contributed by atoms with Crippen LogP contribution < -0.4 is 0 Å². The SMILES string of the molecule is CC1CN(CC2CCN(C(=O)c3ccccc3C(=O)c3ccc(Br)cc3)CC2)CC(C)O1. The van der Waals surface area contributed by atoms with Crippen molar-refractivity contribution in [1.29, 1.82) is 0 Å². The van der Waals surface area contributed by atoms with E-state index in [0.717, 1.165) is 50.0 Å². The topological polar surface area (TPSA) is 49.9 Å². The lowest BCUT2D eigenvalue weighted by atomic mass is 9.93. The number of hydrogen-bond acceptors (Lipinski definition) is 4. The maximum Gasteiger partial charge on any atom is 0.254 e. The molecule has 170 valence electrons. The van der Waals surface area contributed by atoms with Gasteiger partial charge < -0.3 is 9.64 Å². The standard InChI is InChI=1S/C26H31BrN2O3/c1-18-15-28(16-19(2)32-18)17-20-11-13-29(14-12-20)26(31)24-6-4-3-5-23(24)25(30)21-7-9-22(27)10-8-21/h3-10,18-20H,11-17H2,1-2H3. The molecule has 0 aliphatic carbocycles. The molecule has 0 bridgehead atoms. The van der Waals surface area contributed by atoms with E-state index in [0.29, 0.717) is 22.6 Å². The highest BCUT2D eigenvalue weighted by Gasteiger charge is 2.29. The summed E-state index contributed by atoms with van der Waals surface area (Å²) in [6, 6.07) is 14.4. The highest BCUT2D eigenvalue weighted by atomic mass is 79.9. The minimum absolute atomic E-state index is 0.0434. The molecule has 2 unspecified atom stereocenters. The van der Waals surface area contributed by atoms with Gasteiger partial charge in [-0.05, 0) is 62.9 Å². The molecular formula is C26H31BrN2O3. The number of amides is 1. The molecule has 2 aliphatic heterocycles. The third kappa shape index (κ3) is 5.48. The number of halogens is 1. The Labute approximate surface area is 198 Å². The Morgan fingerprint density at radius 1 is 0.938 bits per heavy atom. The van der Waals surface area contributed by atoms with E-state index in [1.165, 1.54) is 0 Å². The zero-order valence-corrected chi connectivity index (χ0v) is 20.4. The van der Waals surface area contributed by atoms with E-state index in [2.05, 4.69) is 34.7 Å². The molecule has 6 heteroatoms. The van der Waals surface area contributed by atoms with Crippen LogP contribution in [0.1, 0.15) is 53.0 Å². The molecule has 0 saturated carbocycles. The zero-order chi connectivity index (χ0) is 22.7. The number of ketones is 1. The molecule has 2 atom stereocenters. The average Bonchev–Trinajstić information content (AvgIpc) is 2.78. The van der Waals surface area contributed by atoms with Crippen molar-refractivity contribution in [3.63, 3.8) is 0 Å². The predicted molar refractivity (Wildman–Crippen MR) is 129 cm³/mol. The van der Waals surface area contributed by atoms with Crippen molar-refractivity contribution in [3.8, 4) is 0 Å². The number of benzene rings is 2. The van der Waals surface area contributed by atoms with E-state index >= 15 is 0 Å². The first-order valence-corrected chi connectivity index (χ1v) is 12.3. The number of rotatable bonds is 5. The number of morpholine rings is 1. The summed E-state index contributed by atoms with van der Waals surface area (Å²) in [5, 5.41) is 0. The number of carbonyl (C=O) groups excluding carboxylic acids is 2. The number of hydrogen-bond donors (Lipinski definition) is 0. The minimum atomic E-state index is -0.119. The van der Waals surface area contributed by atoms with Gasteiger partial charge in [-0.3, -0.25) is 14.5 Å². The fourth-order valence-electron chi connectivity index (χ4n) is 4.91. The van der Waals surface area contributed by atoms with Gasteiger partial charge in [0.2, 0.25) is 0 Å². The van der Waals surface area contributed by atoms with Gasteiger partial charge in [-0.1, -0.05) is 34.1 Å². The third-order valence-electron chi connectivity index (χ3n) is 6.42. The van der Waals surface area contributed by atoms with Crippen LogP contribution in [-0.4, -0.2) is 66.4 Å². The van der Waals surface area contributed by atoms with Crippen LogP contribution in [-0.2, 0) is 4.74 Å². The van der Waals surface area contributed by atoms with Gasteiger partial charge >= 0.3 is 0 Å². The fraction of sp³-hybridized carbons (Fsp3) is 0.462. The van der Waals surface area contributed by atoms with Crippen LogP contribution in [0.5, 0.6) is 0 Å². The van der Waals surface area contributed by atoms with Gasteiger partial charge in [-0.15, -0.1) is 0 Å². The normalized spacial score (nSPS) is 22.7. The molecule has 0 N–H and O–H groups in total. The molecule has 32 heavy (non-hydrogen) atoms. The average molecular weight is 499 g/mol. The molecule has 4 rings (SSSR count). The monoisotopic (exact) mass is 498 g/mol. The van der Waals surface area contributed by atoms with E-state index in [9.17, 15) is 9.59 Å². The largest absolute Gasteiger partial charge is 0.373 e. The summed E-state index contributed by atoms with van der Waals surface area (Å²) in [6.45, 7) is 8.77. The summed E-state index contributed by atoms with van der Waals surface area (Å²) < 4.78 is 6.77. The summed E-state index contributed by atoms with van der Waals surface area (Å²) in [5.74, 6) is 0.432. The molecular weight excluding hydrogens is 468 g/mol. The molecule has 2 aliphatic rings. The van der Waals surface area contributed by atoms with Crippen LogP contribution >= 0.6 is 15.9 Å². The number of carbonyl (C=O) groups is 2. The van der Waals surface area contributed by atoms with Gasteiger partial charge in [-0.25, -0.2) is 0 Å². The first-order valence-electron chi connectivity index (χ1n) is 11.5. The Bertz CT molecular complexity index is 944. The van der Waals surface area contributed by atoms with E-state index in [1.54, 1.807) is 24.3 Å². The van der Waals surface area contributed by atoms with Gasteiger partial charge in [0.1, 0.15) is 0 Å². The molecule has 2 heterocycles. The molecule has 2 aromatic rings. The zero-order valence-electron chi connectivity index (χ0n) is 18.8. The molecule has 0 spiro atoms. The minimum Gasteiger partial charge on any atom is -0.373 e. The van der Waals surface area contributed by atoms with Gasteiger partial charge in [0, 0.05) is 48.3 Å². The quantitative estimate of drug-likeness (QED) is 0.563. The smallest absolute Gasteiger partial charge is 0.254 e. The lowest BCUT2D eigenvalue weighted by Gasteiger charge is -2.39. The van der Waals surface area contributed by atoms with Crippen LogP contribution in [0.3, 0.4) is 0 Å². The second-order valence-electron chi connectivity index (χ2n) is 9.09. The van der Waals surface area contributed by atoms with Crippen molar-refractivity contribution in [3.05, 3.63) is 69.7 Å². The van der Waals surface area contributed by atoms with E-state index in [-0.39, 0.29) is 23.9 Å². The van der Waals surface area contributed by atoms with Crippen LogP contribution in [0.25, 0.3) is 0 Å². The van der Waals surface area contributed by atoms with E-state index < -0.39 is 0 Å². The first kappa shape index (κ1) is 23.1. The lowest BCUT2D eigenvalue weighted by Crippen LogP contribution is -2.48. The Morgan fingerprint density at radius 2 is 1.53 bits per heavy atom. The van der Waals surface area contributed by atoms with E-state index in [1.807, 2.05) is 29.2 Å². The Hall–Kier alpha value is -2.02. The predicted octanol–water partition coefficient (Wildman–Crippen LogP) is 4.64. The molecule has 2 aromatic carbocycles. The van der Waals surface area contributed by atoms with Crippen LogP contribution in [0, 0.1) is 5.92 Å². The molecule has 5 nitrogen and oxygen atoms in total. The van der Waals surface area contributed by atoms with E-state index in [4.69, 9.17) is 4.74 Å². The van der Waals surface area contributed by atoms with Crippen molar-refractivity contribution in [2.45, 2.75) is 38.9 Å². The van der Waals surface area contributed by atoms with Gasteiger partial charge in [-0.2, -0.15) is 0 Å². The van der Waals surface area contributed by atoms with Crippen LogP contribution in [0.4, 0.5) is 0 Å². The number of ether oxygens (including phenoxy) is 1. The Balaban J connectivity index is 1.39. The Morgan fingerprint density at radius 3 is 2.16 bits per heavy atom. The highest BCUT2D eigenvalue weighted by Crippen LogP contribution is 2.24. The highest BCUT2D eigenvalue weighted by molar-refractivity contribution is 9.10. The van der Waals surface area contributed by atoms with Gasteiger partial charge in [0.05, 0.1) is 17.8 Å².